The van der Waals surface area contributed by atoms with Crippen molar-refractivity contribution in [1.82, 2.24) is 4.98 Å². The Kier molecular flexibility index (Phi) is 4.19. The van der Waals surface area contributed by atoms with E-state index in [1.807, 2.05) is 13.8 Å². The second-order valence-electron chi connectivity index (χ2n) is 4.40. The number of ether oxygens (including phenoxy) is 2. The first-order chi connectivity index (χ1) is 8.60. The van der Waals surface area contributed by atoms with Crippen LogP contribution in [0.25, 0.3) is 0 Å². The zero-order valence-electron chi connectivity index (χ0n) is 10.9. The van der Waals surface area contributed by atoms with Gasteiger partial charge in [-0.3, -0.25) is 0 Å². The number of morpholine rings is 1. The van der Waals surface area contributed by atoms with E-state index in [-0.39, 0.29) is 18.2 Å². The third kappa shape index (κ3) is 3.00. The maximum absolute atomic E-state index is 11.5. The Morgan fingerprint density at radius 3 is 2.83 bits per heavy atom. The molecule has 1 fully saturated rings. The molecule has 2 rings (SSSR count). The van der Waals surface area contributed by atoms with E-state index in [0.717, 1.165) is 18.2 Å². The minimum atomic E-state index is -0.352. The van der Waals surface area contributed by atoms with Gasteiger partial charge in [0.15, 0.2) is 10.8 Å². The number of nitrogens with zero attached hydrogens (tertiary/aromatic N) is 2. The smallest absolute Gasteiger partial charge is 0.357 e. The van der Waals surface area contributed by atoms with Gasteiger partial charge in [-0.15, -0.1) is 11.3 Å². The van der Waals surface area contributed by atoms with E-state index >= 15 is 0 Å². The van der Waals surface area contributed by atoms with E-state index in [1.165, 1.54) is 11.3 Å². The summed E-state index contributed by atoms with van der Waals surface area (Å²) in [6.45, 7) is 7.86. The van der Waals surface area contributed by atoms with Crippen molar-refractivity contribution in [2.75, 3.05) is 24.6 Å². The second-order valence-corrected chi connectivity index (χ2v) is 5.23. The lowest BCUT2D eigenvalue weighted by molar-refractivity contribution is -0.00523. The SMILES string of the molecule is CCOC(=O)c1csc(N2CC(C)OC(C)C2)n1. The van der Waals surface area contributed by atoms with Crippen LogP contribution in [0.5, 0.6) is 0 Å². The second kappa shape index (κ2) is 5.67. The zero-order chi connectivity index (χ0) is 13.1. The predicted molar refractivity (Wildman–Crippen MR) is 70.3 cm³/mol. The molecule has 0 saturated carbocycles. The molecule has 2 atom stereocenters. The molecule has 0 N–H and O–H groups in total. The maximum Gasteiger partial charge on any atom is 0.357 e. The molecule has 2 unspecified atom stereocenters. The van der Waals surface area contributed by atoms with Gasteiger partial charge in [0.25, 0.3) is 0 Å². The van der Waals surface area contributed by atoms with Crippen LogP contribution in [0, 0.1) is 0 Å². The van der Waals surface area contributed by atoms with Crippen LogP contribution in [0.4, 0.5) is 5.13 Å². The van der Waals surface area contributed by atoms with Crippen molar-refractivity contribution in [1.29, 1.82) is 0 Å². The molecule has 6 heteroatoms. The third-order valence-electron chi connectivity index (χ3n) is 2.67. The fraction of sp³-hybridized carbons (Fsp3) is 0.667. The molecule has 1 aliphatic rings. The van der Waals surface area contributed by atoms with Crippen LogP contribution < -0.4 is 4.90 Å². The number of carbonyl (C=O) groups is 1. The Balaban J connectivity index is 2.07. The molecule has 100 valence electrons. The highest BCUT2D eigenvalue weighted by Crippen LogP contribution is 2.24. The molecule has 1 aromatic rings. The summed E-state index contributed by atoms with van der Waals surface area (Å²) in [7, 11) is 0. The van der Waals surface area contributed by atoms with Gasteiger partial charge in [0, 0.05) is 18.5 Å². The van der Waals surface area contributed by atoms with Crippen molar-refractivity contribution in [2.24, 2.45) is 0 Å². The summed E-state index contributed by atoms with van der Waals surface area (Å²) in [5.74, 6) is -0.352. The number of esters is 1. The van der Waals surface area contributed by atoms with Crippen LogP contribution in [0.3, 0.4) is 0 Å². The van der Waals surface area contributed by atoms with Crippen molar-refractivity contribution in [3.05, 3.63) is 11.1 Å². The molecular weight excluding hydrogens is 252 g/mol. The van der Waals surface area contributed by atoms with Gasteiger partial charge in [0.1, 0.15) is 0 Å². The normalized spacial score (nSPS) is 24.1. The summed E-state index contributed by atoms with van der Waals surface area (Å²) in [5.41, 5.74) is 0.392. The van der Waals surface area contributed by atoms with Crippen LogP contribution >= 0.6 is 11.3 Å². The highest BCUT2D eigenvalue weighted by molar-refractivity contribution is 7.13. The quantitative estimate of drug-likeness (QED) is 0.786. The summed E-state index contributed by atoms with van der Waals surface area (Å²) in [5, 5.41) is 2.61. The Morgan fingerprint density at radius 2 is 2.22 bits per heavy atom. The van der Waals surface area contributed by atoms with Crippen molar-refractivity contribution in [3.8, 4) is 0 Å². The average molecular weight is 270 g/mol. The molecule has 0 bridgehead atoms. The first kappa shape index (κ1) is 13.3. The number of hydrogen-bond donors (Lipinski definition) is 0. The van der Waals surface area contributed by atoms with E-state index in [4.69, 9.17) is 9.47 Å². The number of carbonyl (C=O) groups excluding carboxylic acids is 1. The van der Waals surface area contributed by atoms with Gasteiger partial charge in [-0.1, -0.05) is 0 Å². The molecule has 0 aliphatic carbocycles. The highest BCUT2D eigenvalue weighted by atomic mass is 32.1. The lowest BCUT2D eigenvalue weighted by Gasteiger charge is -2.35. The Morgan fingerprint density at radius 1 is 1.56 bits per heavy atom. The maximum atomic E-state index is 11.5. The average Bonchev–Trinajstić information content (AvgIpc) is 2.77. The van der Waals surface area contributed by atoms with E-state index in [0.29, 0.717) is 12.3 Å². The van der Waals surface area contributed by atoms with Crippen LogP contribution in [0.15, 0.2) is 5.38 Å². The van der Waals surface area contributed by atoms with E-state index in [1.54, 1.807) is 12.3 Å². The summed E-state index contributed by atoms with van der Waals surface area (Å²) in [6, 6.07) is 0. The van der Waals surface area contributed by atoms with Gasteiger partial charge in [0.2, 0.25) is 0 Å². The molecular formula is C12H18N2O3S. The van der Waals surface area contributed by atoms with Gasteiger partial charge in [-0.2, -0.15) is 0 Å². The molecule has 0 spiro atoms. The number of hydrogen-bond acceptors (Lipinski definition) is 6. The number of rotatable bonds is 3. The van der Waals surface area contributed by atoms with Crippen LogP contribution in [-0.4, -0.2) is 42.9 Å². The summed E-state index contributed by atoms with van der Waals surface area (Å²) >= 11 is 1.47. The zero-order valence-corrected chi connectivity index (χ0v) is 11.7. The standard InChI is InChI=1S/C12H18N2O3S/c1-4-16-11(15)10-7-18-12(13-10)14-5-8(2)17-9(3)6-14/h7-9H,4-6H2,1-3H3. The van der Waals surface area contributed by atoms with Crippen molar-refractivity contribution >= 4 is 22.4 Å². The molecule has 1 aromatic heterocycles. The third-order valence-corrected chi connectivity index (χ3v) is 3.57. The monoisotopic (exact) mass is 270 g/mol. The molecule has 5 nitrogen and oxygen atoms in total. The predicted octanol–water partition coefficient (Wildman–Crippen LogP) is 1.93. The lowest BCUT2D eigenvalue weighted by Crippen LogP contribution is -2.45. The number of aromatic nitrogens is 1. The Bertz CT molecular complexity index is 411. The van der Waals surface area contributed by atoms with Crippen molar-refractivity contribution < 1.29 is 14.3 Å². The Labute approximate surface area is 111 Å². The molecule has 0 aromatic carbocycles. The van der Waals surface area contributed by atoms with Crippen LogP contribution in [0.1, 0.15) is 31.3 Å². The minimum absolute atomic E-state index is 0.184. The molecule has 0 amide bonds. The van der Waals surface area contributed by atoms with E-state index < -0.39 is 0 Å². The topological polar surface area (TPSA) is 51.7 Å². The van der Waals surface area contributed by atoms with E-state index in [2.05, 4.69) is 9.88 Å². The van der Waals surface area contributed by atoms with Crippen LogP contribution in [0.2, 0.25) is 0 Å². The summed E-state index contributed by atoms with van der Waals surface area (Å²) in [4.78, 5) is 18.0. The Hall–Kier alpha value is -1.14. The van der Waals surface area contributed by atoms with Gasteiger partial charge in [-0.25, -0.2) is 9.78 Å². The minimum Gasteiger partial charge on any atom is -0.461 e. The fourth-order valence-corrected chi connectivity index (χ4v) is 2.86. The summed E-state index contributed by atoms with van der Waals surface area (Å²) in [6.07, 6.45) is 0.368. The summed E-state index contributed by atoms with van der Waals surface area (Å²) < 4.78 is 10.6. The number of thiazole rings is 1. The van der Waals surface area contributed by atoms with Crippen molar-refractivity contribution in [2.45, 2.75) is 33.0 Å². The molecule has 0 radical (unpaired) electrons. The highest BCUT2D eigenvalue weighted by Gasteiger charge is 2.25. The fourth-order valence-electron chi connectivity index (χ4n) is 2.04. The first-order valence-corrected chi connectivity index (χ1v) is 7.01. The van der Waals surface area contributed by atoms with Gasteiger partial charge in [-0.05, 0) is 20.8 Å². The first-order valence-electron chi connectivity index (χ1n) is 6.13. The lowest BCUT2D eigenvalue weighted by atomic mass is 10.2. The van der Waals surface area contributed by atoms with Gasteiger partial charge in [0.05, 0.1) is 18.8 Å². The van der Waals surface area contributed by atoms with Gasteiger partial charge >= 0.3 is 5.97 Å². The van der Waals surface area contributed by atoms with Gasteiger partial charge < -0.3 is 14.4 Å². The van der Waals surface area contributed by atoms with E-state index in [9.17, 15) is 4.79 Å². The molecule has 1 aliphatic heterocycles. The molecule has 1 saturated heterocycles. The molecule has 18 heavy (non-hydrogen) atoms. The van der Waals surface area contributed by atoms with Crippen LogP contribution in [-0.2, 0) is 9.47 Å². The number of anilines is 1. The van der Waals surface area contributed by atoms with Crippen molar-refractivity contribution in [3.63, 3.8) is 0 Å². The largest absolute Gasteiger partial charge is 0.461 e. The molecule has 2 heterocycles.